The Balaban J connectivity index is 1.45. The maximum Gasteiger partial charge on any atom is 0.341 e. The maximum absolute atomic E-state index is 13.5. The van der Waals surface area contributed by atoms with Crippen LogP contribution in [-0.4, -0.2) is 38.0 Å². The number of benzene rings is 3. The van der Waals surface area contributed by atoms with Gasteiger partial charge in [-0.25, -0.2) is 18.4 Å². The fourth-order valence-corrected chi connectivity index (χ4v) is 6.32. The number of thiophene rings is 2. The molecule has 0 saturated heterocycles. The number of nitrogens with one attached hydrogen (secondary N) is 2. The van der Waals surface area contributed by atoms with Gasteiger partial charge in [0.15, 0.2) is 0 Å². The highest BCUT2D eigenvalue weighted by Crippen LogP contribution is 2.38. The molecule has 2 N–H and O–H groups in total. The van der Waals surface area contributed by atoms with Crippen LogP contribution in [-0.2, 0) is 9.47 Å². The summed E-state index contributed by atoms with van der Waals surface area (Å²) in [5, 5.41) is 9.01. The molecule has 8 nitrogen and oxygen atoms in total. The van der Waals surface area contributed by atoms with E-state index in [1.54, 1.807) is 22.9 Å². The maximum atomic E-state index is 13.5. The zero-order chi connectivity index (χ0) is 31.4. The summed E-state index contributed by atoms with van der Waals surface area (Å²) in [5.74, 6) is -3.67. The number of hydrogen-bond acceptors (Lipinski definition) is 8. The molecule has 0 aliphatic carbocycles. The molecule has 5 aromatic rings. The molecule has 0 spiro atoms. The van der Waals surface area contributed by atoms with Gasteiger partial charge in [-0.05, 0) is 47.5 Å². The molecule has 0 unspecified atom stereocenters. The predicted molar refractivity (Wildman–Crippen MR) is 164 cm³/mol. The average Bonchev–Trinajstić information content (AvgIpc) is 3.65. The molecule has 12 heteroatoms. The Morgan fingerprint density at radius 2 is 0.955 bits per heavy atom. The number of amides is 2. The van der Waals surface area contributed by atoms with Crippen LogP contribution in [0.15, 0.2) is 83.6 Å². The molecule has 2 amide bonds. The normalized spacial score (nSPS) is 10.6. The van der Waals surface area contributed by atoms with Crippen LogP contribution in [0.3, 0.4) is 0 Å². The Hall–Kier alpha value is -5.20. The topological polar surface area (TPSA) is 111 Å². The van der Waals surface area contributed by atoms with Crippen molar-refractivity contribution in [3.63, 3.8) is 0 Å². The summed E-state index contributed by atoms with van der Waals surface area (Å²) in [6.07, 6.45) is 0. The largest absolute Gasteiger partial charge is 0.465 e. The summed E-state index contributed by atoms with van der Waals surface area (Å²) in [6, 6.07) is 17.1. The van der Waals surface area contributed by atoms with Crippen LogP contribution in [0.1, 0.15) is 41.4 Å². The first-order valence-electron chi connectivity index (χ1n) is 12.8. The number of esters is 2. The summed E-state index contributed by atoms with van der Waals surface area (Å²) in [7, 11) is 2.41. The monoisotopic (exact) mass is 632 g/mol. The number of methoxy groups -OCH3 is 2. The number of rotatable bonds is 8. The lowest BCUT2D eigenvalue weighted by molar-refractivity contribution is 0.0594. The number of carbonyl (C=O) groups excluding carboxylic acids is 4. The van der Waals surface area contributed by atoms with Gasteiger partial charge in [0, 0.05) is 21.9 Å². The molecule has 0 aliphatic heterocycles. The lowest BCUT2D eigenvalue weighted by Crippen LogP contribution is -2.21. The molecule has 3 aromatic carbocycles. The first-order chi connectivity index (χ1) is 21.2. The fraction of sp³-hybridized carbons (Fsp3) is 0.0625. The van der Waals surface area contributed by atoms with E-state index in [2.05, 4.69) is 10.6 Å². The van der Waals surface area contributed by atoms with E-state index in [4.69, 9.17) is 9.47 Å². The Kier molecular flexibility index (Phi) is 8.93. The Labute approximate surface area is 257 Å². The Bertz CT molecular complexity index is 1740. The first kappa shape index (κ1) is 30.3. The number of halogens is 2. The van der Waals surface area contributed by atoms with Crippen molar-refractivity contribution in [2.45, 2.75) is 0 Å². The summed E-state index contributed by atoms with van der Waals surface area (Å²) < 4.78 is 36.9. The minimum absolute atomic E-state index is 0.00696. The lowest BCUT2D eigenvalue weighted by atomic mass is 10.0. The number of ether oxygens (including phenoxy) is 2. The second kappa shape index (κ2) is 13.0. The highest BCUT2D eigenvalue weighted by Gasteiger charge is 2.26. The van der Waals surface area contributed by atoms with Gasteiger partial charge in [-0.1, -0.05) is 36.4 Å². The minimum atomic E-state index is -0.711. The molecule has 222 valence electrons. The Morgan fingerprint density at radius 1 is 0.591 bits per heavy atom. The van der Waals surface area contributed by atoms with Gasteiger partial charge in [0.2, 0.25) is 0 Å². The first-order valence-corrected chi connectivity index (χ1v) is 14.6. The van der Waals surface area contributed by atoms with Crippen molar-refractivity contribution in [1.82, 2.24) is 0 Å². The highest BCUT2D eigenvalue weighted by molar-refractivity contribution is 7.15. The van der Waals surface area contributed by atoms with Gasteiger partial charge < -0.3 is 20.1 Å². The van der Waals surface area contributed by atoms with E-state index in [0.717, 1.165) is 22.7 Å². The summed E-state index contributed by atoms with van der Waals surface area (Å²) >= 11 is 2.14. The predicted octanol–water partition coefficient (Wildman–Crippen LogP) is 7.50. The third-order valence-corrected chi connectivity index (χ3v) is 8.33. The number of anilines is 2. The molecular formula is C32H22F2N2O6S2. The van der Waals surface area contributed by atoms with Gasteiger partial charge in [0.1, 0.15) is 32.8 Å². The molecule has 2 heterocycles. The average molecular weight is 633 g/mol. The molecule has 0 aliphatic rings. The fourth-order valence-electron chi connectivity index (χ4n) is 4.41. The van der Waals surface area contributed by atoms with Crippen LogP contribution in [0.5, 0.6) is 0 Å². The van der Waals surface area contributed by atoms with Gasteiger partial charge in [-0.3, -0.25) is 9.59 Å². The number of hydrogen-bond donors (Lipinski definition) is 2. The van der Waals surface area contributed by atoms with E-state index in [9.17, 15) is 28.0 Å². The molecule has 0 fully saturated rings. The second-order valence-electron chi connectivity index (χ2n) is 9.16. The smallest absolute Gasteiger partial charge is 0.341 e. The molecule has 0 radical (unpaired) electrons. The summed E-state index contributed by atoms with van der Waals surface area (Å²) in [4.78, 5) is 52.4. The van der Waals surface area contributed by atoms with E-state index >= 15 is 0 Å². The standard InChI is InChI=1S/C32H22F2N2O6S2/c1-41-31(39)25-23(17-7-11-19(33)12-8-17)15-43-29(25)35-27(37)21-5-3-4-6-22(21)28(38)36-30-26(32(40)42-2)24(16-44-30)18-9-13-20(34)14-10-18/h3-16H,1-2H3,(H,35,37)(H,36,38). The third kappa shape index (κ3) is 6.12. The summed E-state index contributed by atoms with van der Waals surface area (Å²) in [6.45, 7) is 0. The molecule has 2 aromatic heterocycles. The quantitative estimate of drug-likeness (QED) is 0.172. The zero-order valence-corrected chi connectivity index (χ0v) is 24.7. The van der Waals surface area contributed by atoms with Crippen molar-refractivity contribution in [2.24, 2.45) is 0 Å². The third-order valence-electron chi connectivity index (χ3n) is 6.54. The van der Waals surface area contributed by atoms with Crippen LogP contribution in [0.2, 0.25) is 0 Å². The second-order valence-corrected chi connectivity index (χ2v) is 10.9. The van der Waals surface area contributed by atoms with Gasteiger partial charge in [0.05, 0.1) is 25.3 Å². The molecule has 44 heavy (non-hydrogen) atoms. The van der Waals surface area contributed by atoms with Crippen LogP contribution in [0, 0.1) is 11.6 Å². The van der Waals surface area contributed by atoms with Crippen molar-refractivity contribution in [2.75, 3.05) is 24.9 Å². The highest BCUT2D eigenvalue weighted by atomic mass is 32.1. The van der Waals surface area contributed by atoms with E-state index in [1.807, 2.05) is 0 Å². The van der Waals surface area contributed by atoms with E-state index in [1.165, 1.54) is 74.9 Å². The van der Waals surface area contributed by atoms with Gasteiger partial charge >= 0.3 is 11.9 Å². The molecule has 5 rings (SSSR count). The van der Waals surface area contributed by atoms with E-state index in [0.29, 0.717) is 22.3 Å². The van der Waals surface area contributed by atoms with Crippen molar-refractivity contribution in [1.29, 1.82) is 0 Å². The van der Waals surface area contributed by atoms with E-state index in [-0.39, 0.29) is 32.3 Å². The zero-order valence-electron chi connectivity index (χ0n) is 23.1. The van der Waals surface area contributed by atoms with Gasteiger partial charge in [-0.2, -0.15) is 0 Å². The van der Waals surface area contributed by atoms with E-state index < -0.39 is 35.4 Å². The summed E-state index contributed by atoms with van der Waals surface area (Å²) in [5.41, 5.74) is 2.10. The lowest BCUT2D eigenvalue weighted by Gasteiger charge is -2.12. The van der Waals surface area contributed by atoms with Crippen LogP contribution in [0.4, 0.5) is 18.8 Å². The minimum Gasteiger partial charge on any atom is -0.465 e. The van der Waals surface area contributed by atoms with Crippen molar-refractivity contribution in [3.05, 3.63) is 117 Å². The molecule has 0 saturated carbocycles. The molecular weight excluding hydrogens is 610 g/mol. The van der Waals surface area contributed by atoms with Crippen LogP contribution < -0.4 is 10.6 Å². The Morgan fingerprint density at radius 3 is 1.30 bits per heavy atom. The van der Waals surface area contributed by atoms with Crippen LogP contribution in [0.25, 0.3) is 22.3 Å². The van der Waals surface area contributed by atoms with Crippen molar-refractivity contribution in [3.8, 4) is 22.3 Å². The van der Waals surface area contributed by atoms with Gasteiger partial charge in [-0.15, -0.1) is 22.7 Å². The van der Waals surface area contributed by atoms with Crippen molar-refractivity contribution >= 4 is 56.4 Å². The van der Waals surface area contributed by atoms with Gasteiger partial charge in [0.25, 0.3) is 11.8 Å². The van der Waals surface area contributed by atoms with Crippen LogP contribution >= 0.6 is 22.7 Å². The number of carbonyl (C=O) groups is 4. The SMILES string of the molecule is COC(=O)c1c(-c2ccc(F)cc2)csc1NC(=O)c1ccccc1C(=O)Nc1scc(-c2ccc(F)cc2)c1C(=O)OC. The van der Waals surface area contributed by atoms with Crippen molar-refractivity contribution < 1.29 is 37.4 Å². The molecule has 0 atom stereocenters. The molecule has 0 bridgehead atoms.